The summed E-state index contributed by atoms with van der Waals surface area (Å²) in [5.41, 5.74) is 12.4. The zero-order chi connectivity index (χ0) is 16.2. The quantitative estimate of drug-likeness (QED) is 0.890. The van der Waals surface area contributed by atoms with Crippen LogP contribution in [0.1, 0.15) is 24.2 Å². The number of halogens is 1. The molecule has 2 aromatic rings. The molecule has 4 N–H and O–H groups in total. The molecule has 0 saturated carbocycles. The summed E-state index contributed by atoms with van der Waals surface area (Å²) >= 11 is 0. The lowest BCUT2D eigenvalue weighted by Crippen LogP contribution is -2.34. The number of rotatable bonds is 4. The van der Waals surface area contributed by atoms with E-state index in [-0.39, 0.29) is 17.7 Å². The van der Waals surface area contributed by atoms with E-state index in [4.69, 9.17) is 11.5 Å². The van der Waals surface area contributed by atoms with Crippen LogP contribution in [0.2, 0.25) is 0 Å². The minimum atomic E-state index is -0.181. The largest absolute Gasteiger partial charge is 0.368 e. The van der Waals surface area contributed by atoms with Crippen molar-refractivity contribution in [1.29, 1.82) is 0 Å². The average Bonchev–Trinajstić information content (AvgIpc) is 2.50. The summed E-state index contributed by atoms with van der Waals surface area (Å²) in [5.74, 6) is 1.40. The van der Waals surface area contributed by atoms with Crippen LogP contribution in [0, 0.1) is 11.7 Å². The van der Waals surface area contributed by atoms with Crippen molar-refractivity contribution in [2.75, 3.05) is 24.6 Å². The van der Waals surface area contributed by atoms with Crippen LogP contribution in [0.3, 0.4) is 0 Å². The molecule has 1 fully saturated rings. The molecule has 1 aromatic carbocycles. The number of aromatic nitrogens is 3. The molecular weight excluding hydrogens is 295 g/mol. The van der Waals surface area contributed by atoms with Gasteiger partial charge in [0.25, 0.3) is 0 Å². The summed E-state index contributed by atoms with van der Waals surface area (Å²) in [6, 6.07) is 6.80. The molecule has 0 spiro atoms. The molecule has 0 bridgehead atoms. The summed E-state index contributed by atoms with van der Waals surface area (Å²) in [6.45, 7) is 2.61. The van der Waals surface area contributed by atoms with Gasteiger partial charge in [-0.05, 0) is 56.0 Å². The van der Waals surface area contributed by atoms with Crippen LogP contribution < -0.4 is 11.5 Å². The smallest absolute Gasteiger partial charge is 0.225 e. The second-order valence-corrected chi connectivity index (χ2v) is 6.02. The molecule has 122 valence electrons. The highest BCUT2D eigenvalue weighted by Crippen LogP contribution is 2.22. The molecule has 23 heavy (non-hydrogen) atoms. The molecule has 1 aromatic heterocycles. The van der Waals surface area contributed by atoms with Crippen LogP contribution in [-0.2, 0) is 13.0 Å². The van der Waals surface area contributed by atoms with Crippen LogP contribution in [0.5, 0.6) is 0 Å². The highest BCUT2D eigenvalue weighted by molar-refractivity contribution is 5.25. The zero-order valence-electron chi connectivity index (χ0n) is 13.0. The molecule has 0 aliphatic carbocycles. The summed E-state index contributed by atoms with van der Waals surface area (Å²) in [4.78, 5) is 14.3. The normalized spacial score (nSPS) is 16.6. The molecule has 0 radical (unpaired) electrons. The first-order valence-corrected chi connectivity index (χ1v) is 7.81. The summed E-state index contributed by atoms with van der Waals surface area (Å²) in [5, 5.41) is 0. The maximum atomic E-state index is 12.9. The number of anilines is 2. The van der Waals surface area contributed by atoms with E-state index in [9.17, 15) is 4.39 Å². The molecule has 0 amide bonds. The minimum Gasteiger partial charge on any atom is -0.368 e. The van der Waals surface area contributed by atoms with Crippen molar-refractivity contribution < 1.29 is 4.39 Å². The fourth-order valence-electron chi connectivity index (χ4n) is 3.03. The highest BCUT2D eigenvalue weighted by atomic mass is 19.1. The Morgan fingerprint density at radius 3 is 2.22 bits per heavy atom. The molecule has 0 unspecified atom stereocenters. The van der Waals surface area contributed by atoms with Crippen molar-refractivity contribution in [2.24, 2.45) is 5.92 Å². The summed E-state index contributed by atoms with van der Waals surface area (Å²) in [7, 11) is 0. The van der Waals surface area contributed by atoms with Crippen molar-refractivity contribution in [3.63, 3.8) is 0 Å². The van der Waals surface area contributed by atoms with E-state index in [0.717, 1.165) is 32.4 Å². The number of piperidine rings is 1. The highest BCUT2D eigenvalue weighted by Gasteiger charge is 2.20. The molecule has 1 aliphatic rings. The maximum Gasteiger partial charge on any atom is 0.225 e. The Balaban J connectivity index is 1.51. The third kappa shape index (κ3) is 4.35. The lowest BCUT2D eigenvalue weighted by atomic mass is 9.90. The van der Waals surface area contributed by atoms with Crippen molar-refractivity contribution in [3.05, 3.63) is 41.5 Å². The number of nitrogens with two attached hydrogens (primary N) is 2. The molecule has 1 saturated heterocycles. The second-order valence-electron chi connectivity index (χ2n) is 6.02. The molecule has 7 heteroatoms. The van der Waals surface area contributed by atoms with E-state index >= 15 is 0 Å². The van der Waals surface area contributed by atoms with E-state index in [0.29, 0.717) is 18.3 Å². The Bertz CT molecular complexity index is 632. The van der Waals surface area contributed by atoms with Gasteiger partial charge in [0.05, 0.1) is 6.54 Å². The van der Waals surface area contributed by atoms with Gasteiger partial charge >= 0.3 is 0 Å². The van der Waals surface area contributed by atoms with Gasteiger partial charge in [0.15, 0.2) is 0 Å². The zero-order valence-corrected chi connectivity index (χ0v) is 13.0. The monoisotopic (exact) mass is 316 g/mol. The third-order valence-corrected chi connectivity index (χ3v) is 4.23. The molecule has 1 aliphatic heterocycles. The fourth-order valence-corrected chi connectivity index (χ4v) is 3.03. The Labute approximate surface area is 134 Å². The van der Waals surface area contributed by atoms with Gasteiger partial charge in [-0.15, -0.1) is 0 Å². The Hall–Kier alpha value is -2.28. The van der Waals surface area contributed by atoms with Gasteiger partial charge in [0.2, 0.25) is 11.9 Å². The summed E-state index contributed by atoms with van der Waals surface area (Å²) < 4.78 is 12.9. The number of hydrogen-bond acceptors (Lipinski definition) is 6. The third-order valence-electron chi connectivity index (χ3n) is 4.23. The van der Waals surface area contributed by atoms with Crippen LogP contribution in [0.15, 0.2) is 24.3 Å². The Kier molecular flexibility index (Phi) is 4.66. The number of benzene rings is 1. The predicted molar refractivity (Wildman–Crippen MR) is 86.8 cm³/mol. The van der Waals surface area contributed by atoms with E-state index in [1.807, 2.05) is 12.1 Å². The molecule has 6 nitrogen and oxygen atoms in total. The molecule has 2 heterocycles. The van der Waals surface area contributed by atoms with Crippen LogP contribution in [0.25, 0.3) is 0 Å². The lowest BCUT2D eigenvalue weighted by molar-refractivity contribution is 0.173. The fraction of sp³-hybridized carbons (Fsp3) is 0.438. The van der Waals surface area contributed by atoms with Gasteiger partial charge in [-0.25, -0.2) is 4.39 Å². The van der Waals surface area contributed by atoms with Gasteiger partial charge in [0, 0.05) is 0 Å². The van der Waals surface area contributed by atoms with Gasteiger partial charge < -0.3 is 11.5 Å². The van der Waals surface area contributed by atoms with Gasteiger partial charge in [-0.2, -0.15) is 15.0 Å². The summed E-state index contributed by atoms with van der Waals surface area (Å²) in [6.07, 6.45) is 3.21. The maximum absolute atomic E-state index is 12.9. The van der Waals surface area contributed by atoms with Gasteiger partial charge in [0.1, 0.15) is 11.6 Å². The number of likely N-dealkylation sites (tertiary alicyclic amines) is 1. The van der Waals surface area contributed by atoms with Crippen molar-refractivity contribution in [3.8, 4) is 0 Å². The first kappa shape index (κ1) is 15.6. The van der Waals surface area contributed by atoms with Gasteiger partial charge in [-0.1, -0.05) is 12.1 Å². The van der Waals surface area contributed by atoms with E-state index in [2.05, 4.69) is 19.9 Å². The van der Waals surface area contributed by atoms with Crippen LogP contribution >= 0.6 is 0 Å². The topological polar surface area (TPSA) is 93.9 Å². The first-order valence-electron chi connectivity index (χ1n) is 7.81. The number of nitrogen functional groups attached to an aromatic ring is 2. The first-order chi connectivity index (χ1) is 11.1. The Morgan fingerprint density at radius 1 is 1.00 bits per heavy atom. The van der Waals surface area contributed by atoms with E-state index in [1.54, 1.807) is 0 Å². The van der Waals surface area contributed by atoms with E-state index < -0.39 is 0 Å². The Morgan fingerprint density at radius 2 is 1.61 bits per heavy atom. The molecular formula is C16H21FN6. The average molecular weight is 316 g/mol. The van der Waals surface area contributed by atoms with Crippen molar-refractivity contribution >= 4 is 11.9 Å². The van der Waals surface area contributed by atoms with Crippen molar-refractivity contribution in [1.82, 2.24) is 19.9 Å². The van der Waals surface area contributed by atoms with E-state index in [1.165, 1.54) is 17.7 Å². The minimum absolute atomic E-state index is 0.165. The second kappa shape index (κ2) is 6.87. The van der Waals surface area contributed by atoms with Crippen LogP contribution in [0.4, 0.5) is 16.3 Å². The van der Waals surface area contributed by atoms with Crippen LogP contribution in [-0.4, -0.2) is 32.9 Å². The lowest BCUT2D eigenvalue weighted by Gasteiger charge is -2.31. The molecule has 0 atom stereocenters. The predicted octanol–water partition coefficient (Wildman–Crippen LogP) is 1.63. The van der Waals surface area contributed by atoms with Crippen molar-refractivity contribution in [2.45, 2.75) is 25.8 Å². The molecule has 3 rings (SSSR count). The number of hydrogen-bond donors (Lipinski definition) is 2. The standard InChI is InChI=1S/C16H21FN6/c17-13-3-1-11(2-4-13)9-12-5-7-23(8-6-12)10-14-20-15(18)22-16(19)21-14/h1-4,12H,5-10H2,(H4,18,19,20,21,22). The number of nitrogens with zero attached hydrogens (tertiary/aromatic N) is 4. The van der Waals surface area contributed by atoms with Gasteiger partial charge in [-0.3, -0.25) is 4.90 Å². The SMILES string of the molecule is Nc1nc(N)nc(CN2CCC(Cc3ccc(F)cc3)CC2)n1.